The molecule has 2 atom stereocenters. The molecule has 33 heavy (non-hydrogen) atoms. The number of carboxylic acid groups (broad SMARTS) is 1. The van der Waals surface area contributed by atoms with E-state index in [2.05, 4.69) is 22.4 Å². The molecule has 2 aromatic heterocycles. The van der Waals surface area contributed by atoms with Gasteiger partial charge in [-0.25, -0.2) is 4.79 Å². The molecule has 13 heteroatoms. The van der Waals surface area contributed by atoms with Crippen LogP contribution in [0.4, 0.5) is 13.2 Å². The average molecular weight is 471 g/mol. The highest BCUT2D eigenvalue weighted by atomic mass is 19.4. The van der Waals surface area contributed by atoms with Gasteiger partial charge in [-0.15, -0.1) is 10.2 Å². The second-order valence-electron chi connectivity index (χ2n) is 8.02. The number of aliphatic carboxylic acids is 1. The number of carbonyl (C=O) groups excluding carboxylic acids is 2. The van der Waals surface area contributed by atoms with Crippen LogP contribution in [0.2, 0.25) is 0 Å². The van der Waals surface area contributed by atoms with Crippen LogP contribution in [0, 0.1) is 11.8 Å². The summed E-state index contributed by atoms with van der Waals surface area (Å²) in [5, 5.41) is 18.1. The van der Waals surface area contributed by atoms with Crippen LogP contribution in [-0.4, -0.2) is 80.9 Å². The van der Waals surface area contributed by atoms with E-state index in [0.717, 1.165) is 12.8 Å². The molecule has 1 aliphatic carbocycles. The van der Waals surface area contributed by atoms with Crippen LogP contribution in [0.15, 0.2) is 24.4 Å². The lowest BCUT2D eigenvalue weighted by Gasteiger charge is -2.16. The minimum absolute atomic E-state index is 0.0858. The number of aromatic nitrogens is 3. The minimum Gasteiger partial charge on any atom is -0.475 e. The first-order valence-corrected chi connectivity index (χ1v) is 10.3. The van der Waals surface area contributed by atoms with Gasteiger partial charge in [0.05, 0.1) is 6.10 Å². The number of pyridine rings is 1. The molecule has 1 saturated carbocycles. The average Bonchev–Trinajstić information content (AvgIpc) is 3.38. The summed E-state index contributed by atoms with van der Waals surface area (Å²) in [5.74, 6) is -2.10. The predicted molar refractivity (Wildman–Crippen MR) is 107 cm³/mol. The summed E-state index contributed by atoms with van der Waals surface area (Å²) < 4.78 is 38.9. The number of hydrogen-bond acceptors (Lipinski definition) is 6. The van der Waals surface area contributed by atoms with Gasteiger partial charge in [-0.1, -0.05) is 13.0 Å². The molecule has 0 bridgehead atoms. The van der Waals surface area contributed by atoms with Crippen LogP contribution >= 0.6 is 0 Å². The van der Waals surface area contributed by atoms with Gasteiger partial charge in [-0.05, 0) is 36.8 Å². The van der Waals surface area contributed by atoms with Crippen molar-refractivity contribution in [3.63, 3.8) is 0 Å². The van der Waals surface area contributed by atoms with Gasteiger partial charge in [0.15, 0.2) is 5.65 Å². The molecule has 1 aliphatic heterocycles. The van der Waals surface area contributed by atoms with E-state index in [0.29, 0.717) is 37.0 Å². The van der Waals surface area contributed by atoms with E-state index in [-0.39, 0.29) is 30.4 Å². The van der Waals surface area contributed by atoms with Gasteiger partial charge in [0.2, 0.25) is 11.7 Å². The van der Waals surface area contributed by atoms with Crippen molar-refractivity contribution in [2.24, 2.45) is 11.8 Å². The number of nitrogens with one attached hydrogen (secondary N) is 1. The van der Waals surface area contributed by atoms with Crippen LogP contribution in [0.25, 0.3) is 5.65 Å². The van der Waals surface area contributed by atoms with E-state index >= 15 is 0 Å². The number of ether oxygens (including phenoxy) is 1. The fourth-order valence-corrected chi connectivity index (χ4v) is 3.32. The van der Waals surface area contributed by atoms with Crippen LogP contribution in [0.1, 0.15) is 30.4 Å². The smallest absolute Gasteiger partial charge is 0.475 e. The molecule has 2 N–H and O–H groups in total. The summed E-state index contributed by atoms with van der Waals surface area (Å²) in [4.78, 5) is 35.4. The third-order valence-corrected chi connectivity index (χ3v) is 5.34. The van der Waals surface area contributed by atoms with E-state index in [1.165, 1.54) is 0 Å². The second kappa shape index (κ2) is 10.1. The summed E-state index contributed by atoms with van der Waals surface area (Å²) in [5.41, 5.74) is 0.655. The van der Waals surface area contributed by atoms with Gasteiger partial charge in [0.25, 0.3) is 5.91 Å². The lowest BCUT2D eigenvalue weighted by Crippen LogP contribution is -2.35. The topological polar surface area (TPSA) is 126 Å². The van der Waals surface area contributed by atoms with Crippen LogP contribution < -0.4 is 5.32 Å². The maximum atomic E-state index is 12.8. The Kier molecular flexibility index (Phi) is 7.51. The summed E-state index contributed by atoms with van der Waals surface area (Å²) >= 11 is 0. The molecule has 0 spiro atoms. The Balaban J connectivity index is 0.000000383. The normalized spacial score (nSPS) is 20.3. The maximum Gasteiger partial charge on any atom is 0.490 e. The van der Waals surface area contributed by atoms with Crippen molar-refractivity contribution in [2.75, 3.05) is 26.2 Å². The maximum absolute atomic E-state index is 12.8. The molecule has 3 heterocycles. The molecule has 4 rings (SSSR count). The molecule has 2 aliphatic rings. The Morgan fingerprint density at radius 2 is 1.91 bits per heavy atom. The highest BCUT2D eigenvalue weighted by Crippen LogP contribution is 2.24. The van der Waals surface area contributed by atoms with Crippen molar-refractivity contribution in [1.29, 1.82) is 0 Å². The van der Waals surface area contributed by atoms with Crippen molar-refractivity contribution in [3.05, 3.63) is 30.2 Å². The number of alkyl halides is 3. The van der Waals surface area contributed by atoms with Gasteiger partial charge in [-0.2, -0.15) is 13.2 Å². The fourth-order valence-electron chi connectivity index (χ4n) is 3.32. The Morgan fingerprint density at radius 3 is 2.55 bits per heavy atom. The highest BCUT2D eigenvalue weighted by molar-refractivity contribution is 5.91. The van der Waals surface area contributed by atoms with Gasteiger partial charge in [0, 0.05) is 25.8 Å². The van der Waals surface area contributed by atoms with E-state index in [1.54, 1.807) is 15.5 Å². The first kappa shape index (κ1) is 24.4. The lowest BCUT2D eigenvalue weighted by atomic mass is 9.98. The summed E-state index contributed by atoms with van der Waals surface area (Å²) in [6.07, 6.45) is -0.903. The number of nitrogens with zero attached hydrogens (tertiary/aromatic N) is 4. The molecule has 10 nitrogen and oxygen atoms in total. The zero-order chi connectivity index (χ0) is 24.2. The molecule has 180 valence electrons. The Labute approximate surface area is 186 Å². The van der Waals surface area contributed by atoms with E-state index < -0.39 is 12.1 Å². The fraction of sp³-hybridized carbons (Fsp3) is 0.550. The lowest BCUT2D eigenvalue weighted by molar-refractivity contribution is -0.192. The standard InChI is InChI=1S/C18H23N5O3.C2HF3O2/c1-12-9-22(10-13(12)8-19-16(24)11-26-14-5-6-14)18(25)17-21-20-15-4-2-3-7-23(15)17;3-2(4,5)1(6)7/h2-4,7,12-14H,5-6,8-11H2,1H3,(H,19,24);(H,6,7)/t12-,13-;/m1./s1. The Bertz CT molecular complexity index is 1010. The van der Waals surface area contributed by atoms with Crippen LogP contribution in [0.5, 0.6) is 0 Å². The third-order valence-electron chi connectivity index (χ3n) is 5.34. The second-order valence-corrected chi connectivity index (χ2v) is 8.02. The molecular weight excluding hydrogens is 447 g/mol. The number of fused-ring (bicyclic) bond motifs is 1. The van der Waals surface area contributed by atoms with Crippen molar-refractivity contribution in [2.45, 2.75) is 32.0 Å². The van der Waals surface area contributed by atoms with Crippen molar-refractivity contribution >= 4 is 23.4 Å². The number of hydrogen-bond donors (Lipinski definition) is 2. The zero-order valence-corrected chi connectivity index (χ0v) is 17.8. The largest absolute Gasteiger partial charge is 0.490 e. The first-order valence-electron chi connectivity index (χ1n) is 10.3. The van der Waals surface area contributed by atoms with E-state index in [1.807, 2.05) is 18.2 Å². The van der Waals surface area contributed by atoms with Gasteiger partial charge in [-0.3, -0.25) is 14.0 Å². The van der Waals surface area contributed by atoms with Gasteiger partial charge >= 0.3 is 12.1 Å². The van der Waals surface area contributed by atoms with Gasteiger partial charge < -0.3 is 20.1 Å². The molecule has 0 radical (unpaired) electrons. The monoisotopic (exact) mass is 471 g/mol. The van der Waals surface area contributed by atoms with E-state index in [4.69, 9.17) is 14.6 Å². The minimum atomic E-state index is -5.08. The summed E-state index contributed by atoms with van der Waals surface area (Å²) in [6.45, 7) is 4.04. The molecule has 0 aromatic carbocycles. The molecule has 0 unspecified atom stereocenters. The summed E-state index contributed by atoms with van der Waals surface area (Å²) in [6, 6.07) is 5.53. The summed E-state index contributed by atoms with van der Waals surface area (Å²) in [7, 11) is 0. The number of rotatable bonds is 6. The predicted octanol–water partition coefficient (Wildman–Crippen LogP) is 1.37. The van der Waals surface area contributed by atoms with Crippen molar-refractivity contribution in [3.8, 4) is 0 Å². The number of halogens is 3. The Morgan fingerprint density at radius 1 is 1.21 bits per heavy atom. The SMILES string of the molecule is C[C@@H]1CN(C(=O)c2nnc3ccccn23)C[C@H]1CNC(=O)COC1CC1.O=C(O)C(F)(F)F. The molecule has 2 fully saturated rings. The molecule has 1 saturated heterocycles. The molecule has 2 amide bonds. The molecule has 2 aromatic rings. The van der Waals surface area contributed by atoms with E-state index in [9.17, 15) is 22.8 Å². The molecular formula is C20H24F3N5O5. The number of likely N-dealkylation sites (tertiary alicyclic amines) is 1. The third kappa shape index (κ3) is 6.63. The Hall–Kier alpha value is -3.22. The highest BCUT2D eigenvalue weighted by Gasteiger charge is 2.38. The number of carboxylic acids is 1. The zero-order valence-electron chi connectivity index (χ0n) is 17.8. The van der Waals surface area contributed by atoms with Crippen LogP contribution in [0.3, 0.4) is 0 Å². The van der Waals surface area contributed by atoms with Crippen molar-refractivity contribution < 1.29 is 37.4 Å². The van der Waals surface area contributed by atoms with Crippen LogP contribution in [-0.2, 0) is 14.3 Å². The number of amides is 2. The number of carbonyl (C=O) groups is 3. The van der Waals surface area contributed by atoms with Crippen molar-refractivity contribution in [1.82, 2.24) is 24.8 Å². The quantitative estimate of drug-likeness (QED) is 0.652. The van der Waals surface area contributed by atoms with Gasteiger partial charge in [0.1, 0.15) is 6.61 Å². The first-order chi connectivity index (χ1) is 15.6.